The molecule has 2 N–H and O–H groups in total. The van der Waals surface area contributed by atoms with E-state index in [4.69, 9.17) is 21.1 Å². The van der Waals surface area contributed by atoms with E-state index in [-0.39, 0.29) is 12.4 Å². The van der Waals surface area contributed by atoms with Gasteiger partial charge in [0.2, 0.25) is 6.79 Å². The van der Waals surface area contributed by atoms with E-state index in [1.165, 1.54) is 6.20 Å². The van der Waals surface area contributed by atoms with Crippen molar-refractivity contribution in [2.75, 3.05) is 12.1 Å². The summed E-state index contributed by atoms with van der Waals surface area (Å²) in [7, 11) is 0. The van der Waals surface area contributed by atoms with E-state index < -0.39 is 5.91 Å². The summed E-state index contributed by atoms with van der Waals surface area (Å²) in [5.74, 6) is 0.886. The number of benzene rings is 2. The van der Waals surface area contributed by atoms with Crippen molar-refractivity contribution in [3.05, 3.63) is 64.3 Å². The summed E-state index contributed by atoms with van der Waals surface area (Å²) in [6, 6.07) is 12.6. The summed E-state index contributed by atoms with van der Waals surface area (Å²) in [5.41, 5.74) is 2.33. The van der Waals surface area contributed by atoms with Gasteiger partial charge >= 0.3 is 0 Å². The summed E-state index contributed by atoms with van der Waals surface area (Å²) < 4.78 is 10.6. The highest BCUT2D eigenvalue weighted by atomic mass is 35.5. The molecule has 0 aliphatic carbocycles. The number of amides is 1. The third-order valence-corrected chi connectivity index (χ3v) is 4.04. The maximum absolute atomic E-state index is 12.3. The second kappa shape index (κ2) is 7.81. The number of ether oxygens (including phenoxy) is 2. The summed E-state index contributed by atoms with van der Waals surface area (Å²) in [5, 5.41) is 15.4. The van der Waals surface area contributed by atoms with E-state index in [9.17, 15) is 10.1 Å². The van der Waals surface area contributed by atoms with Gasteiger partial charge in [-0.15, -0.1) is 0 Å². The number of carbonyl (C=O) groups excluding carboxylic acids is 1. The number of carbonyl (C=O) groups is 1. The van der Waals surface area contributed by atoms with Crippen molar-refractivity contribution >= 4 is 23.2 Å². The molecule has 0 aromatic heterocycles. The molecule has 2 aromatic carbocycles. The molecule has 0 fully saturated rings. The van der Waals surface area contributed by atoms with Gasteiger partial charge < -0.3 is 20.1 Å². The van der Waals surface area contributed by atoms with Gasteiger partial charge in [0.25, 0.3) is 5.91 Å². The van der Waals surface area contributed by atoms with E-state index in [0.29, 0.717) is 28.8 Å². The van der Waals surface area contributed by atoms with Gasteiger partial charge in [0.1, 0.15) is 11.6 Å². The van der Waals surface area contributed by atoms with E-state index in [1.807, 2.05) is 31.2 Å². The zero-order valence-electron chi connectivity index (χ0n) is 14.0. The lowest BCUT2D eigenvalue weighted by atomic mass is 10.2. The minimum Gasteiger partial charge on any atom is -0.454 e. The van der Waals surface area contributed by atoms with Crippen LogP contribution < -0.4 is 20.1 Å². The van der Waals surface area contributed by atoms with Crippen LogP contribution in [0, 0.1) is 18.3 Å². The Kier molecular flexibility index (Phi) is 5.30. The van der Waals surface area contributed by atoms with E-state index >= 15 is 0 Å². The molecule has 1 aliphatic rings. The van der Waals surface area contributed by atoms with Gasteiger partial charge in [-0.3, -0.25) is 4.79 Å². The Morgan fingerprint density at radius 2 is 2.08 bits per heavy atom. The maximum Gasteiger partial charge on any atom is 0.267 e. The zero-order chi connectivity index (χ0) is 18.5. The quantitative estimate of drug-likeness (QED) is 0.622. The fraction of sp³-hybridized carbons (Fsp3) is 0.158. The number of nitrogens with zero attached hydrogens (tertiary/aromatic N) is 1. The lowest BCUT2D eigenvalue weighted by Gasteiger charge is -2.08. The van der Waals surface area contributed by atoms with Crippen LogP contribution in [-0.4, -0.2) is 12.7 Å². The molecular formula is C19H16ClN3O3. The smallest absolute Gasteiger partial charge is 0.267 e. The standard InChI is InChI=1S/C19H16ClN3O3/c1-12-2-4-15(20)7-16(12)23-19(24)14(8-21)10-22-9-13-3-5-17-18(6-13)26-11-25-17/h2-7,10,22H,9,11H2,1H3,(H,23,24)/b14-10-. The van der Waals surface area contributed by atoms with Crippen molar-refractivity contribution in [1.82, 2.24) is 5.32 Å². The predicted octanol–water partition coefficient (Wildman–Crippen LogP) is 3.51. The monoisotopic (exact) mass is 369 g/mol. The van der Waals surface area contributed by atoms with Crippen LogP contribution in [0.4, 0.5) is 5.69 Å². The van der Waals surface area contributed by atoms with E-state index in [1.54, 1.807) is 18.2 Å². The van der Waals surface area contributed by atoms with Crippen LogP contribution in [0.1, 0.15) is 11.1 Å². The first-order valence-corrected chi connectivity index (χ1v) is 8.24. The molecule has 1 aliphatic heterocycles. The Morgan fingerprint density at radius 3 is 2.88 bits per heavy atom. The lowest BCUT2D eigenvalue weighted by Crippen LogP contribution is -2.17. The first-order chi connectivity index (χ1) is 12.6. The number of rotatable bonds is 5. The van der Waals surface area contributed by atoms with Crippen molar-refractivity contribution in [2.24, 2.45) is 0 Å². The highest BCUT2D eigenvalue weighted by Crippen LogP contribution is 2.32. The van der Waals surface area contributed by atoms with Crippen molar-refractivity contribution in [1.29, 1.82) is 5.26 Å². The number of hydrogen-bond donors (Lipinski definition) is 2. The number of hydrogen-bond acceptors (Lipinski definition) is 5. The number of nitriles is 1. The molecule has 3 rings (SSSR count). The van der Waals surface area contributed by atoms with Crippen molar-refractivity contribution in [2.45, 2.75) is 13.5 Å². The fourth-order valence-electron chi connectivity index (χ4n) is 2.39. The highest BCUT2D eigenvalue weighted by Gasteiger charge is 2.13. The molecule has 0 bridgehead atoms. The van der Waals surface area contributed by atoms with Crippen molar-refractivity contribution < 1.29 is 14.3 Å². The molecule has 1 amide bonds. The minimum atomic E-state index is -0.504. The van der Waals surface area contributed by atoms with Crippen molar-refractivity contribution in [3.63, 3.8) is 0 Å². The third kappa shape index (κ3) is 4.08. The molecular weight excluding hydrogens is 354 g/mol. The van der Waals surface area contributed by atoms with Gasteiger partial charge in [-0.05, 0) is 42.3 Å². The van der Waals surface area contributed by atoms with Gasteiger partial charge in [0.15, 0.2) is 11.5 Å². The molecule has 26 heavy (non-hydrogen) atoms. The van der Waals surface area contributed by atoms with Gasteiger partial charge in [-0.1, -0.05) is 23.7 Å². The Labute approximate surface area is 156 Å². The van der Waals surface area contributed by atoms with Crippen molar-refractivity contribution in [3.8, 4) is 17.6 Å². The molecule has 2 aromatic rings. The molecule has 0 unspecified atom stereocenters. The summed E-state index contributed by atoms with van der Waals surface area (Å²) >= 11 is 5.94. The second-order valence-electron chi connectivity index (χ2n) is 5.65. The second-order valence-corrected chi connectivity index (χ2v) is 6.09. The topological polar surface area (TPSA) is 83.4 Å². The number of nitrogens with one attached hydrogen (secondary N) is 2. The Morgan fingerprint density at radius 1 is 1.27 bits per heavy atom. The Hall–Kier alpha value is -3.17. The predicted molar refractivity (Wildman–Crippen MR) is 97.9 cm³/mol. The largest absolute Gasteiger partial charge is 0.454 e. The number of fused-ring (bicyclic) bond motifs is 1. The van der Waals surface area contributed by atoms with Gasteiger partial charge in [0, 0.05) is 23.5 Å². The van der Waals surface area contributed by atoms with Crippen LogP contribution >= 0.6 is 11.6 Å². The summed E-state index contributed by atoms with van der Waals surface area (Å²) in [4.78, 5) is 12.3. The summed E-state index contributed by atoms with van der Waals surface area (Å²) in [6.45, 7) is 2.50. The molecule has 132 valence electrons. The van der Waals surface area contributed by atoms with E-state index in [2.05, 4.69) is 10.6 Å². The highest BCUT2D eigenvalue weighted by molar-refractivity contribution is 6.31. The van der Waals surface area contributed by atoms with Gasteiger partial charge in [-0.25, -0.2) is 0 Å². The van der Waals surface area contributed by atoms with Crippen LogP contribution in [-0.2, 0) is 11.3 Å². The van der Waals surface area contributed by atoms with E-state index in [0.717, 1.165) is 11.1 Å². The van der Waals surface area contributed by atoms with Crippen LogP contribution in [0.25, 0.3) is 0 Å². The Balaban J connectivity index is 1.63. The third-order valence-electron chi connectivity index (χ3n) is 3.80. The molecule has 6 nitrogen and oxygen atoms in total. The average Bonchev–Trinajstić information content (AvgIpc) is 3.09. The normalized spacial score (nSPS) is 12.4. The maximum atomic E-state index is 12.3. The van der Waals surface area contributed by atoms with Crippen LogP contribution in [0.5, 0.6) is 11.5 Å². The number of halogens is 1. The molecule has 0 saturated heterocycles. The fourth-order valence-corrected chi connectivity index (χ4v) is 2.56. The van der Waals surface area contributed by atoms with Gasteiger partial charge in [0.05, 0.1) is 0 Å². The van der Waals surface area contributed by atoms with Crippen LogP contribution in [0.2, 0.25) is 5.02 Å². The molecule has 1 heterocycles. The first kappa shape index (κ1) is 17.6. The molecule has 0 spiro atoms. The van der Waals surface area contributed by atoms with Crippen LogP contribution in [0.15, 0.2) is 48.2 Å². The molecule has 0 saturated carbocycles. The Bertz CT molecular complexity index is 919. The number of anilines is 1. The molecule has 7 heteroatoms. The lowest BCUT2D eigenvalue weighted by molar-refractivity contribution is -0.112. The average molecular weight is 370 g/mol. The number of aryl methyl sites for hydroxylation is 1. The SMILES string of the molecule is Cc1ccc(Cl)cc1NC(=O)/C(C#N)=C\NCc1ccc2c(c1)OCO2. The van der Waals surface area contributed by atoms with Gasteiger partial charge in [-0.2, -0.15) is 5.26 Å². The minimum absolute atomic E-state index is 0.0369. The zero-order valence-corrected chi connectivity index (χ0v) is 14.8. The summed E-state index contributed by atoms with van der Waals surface area (Å²) in [6.07, 6.45) is 1.39. The first-order valence-electron chi connectivity index (χ1n) is 7.86. The van der Waals surface area contributed by atoms with Crippen LogP contribution in [0.3, 0.4) is 0 Å². The molecule has 0 radical (unpaired) electrons. The molecule has 0 atom stereocenters.